The summed E-state index contributed by atoms with van der Waals surface area (Å²) in [7, 11) is -0.659. The van der Waals surface area contributed by atoms with Gasteiger partial charge in [-0.25, -0.2) is 4.98 Å². The number of hydrogen-bond acceptors (Lipinski definition) is 1. The van der Waals surface area contributed by atoms with Crippen molar-refractivity contribution in [3.63, 3.8) is 0 Å². The van der Waals surface area contributed by atoms with Gasteiger partial charge in [0.2, 0.25) is 0 Å². The summed E-state index contributed by atoms with van der Waals surface area (Å²) in [5.41, 5.74) is 4.81. The fourth-order valence-corrected chi connectivity index (χ4v) is 5.52. The molecule has 0 bridgehead atoms. The predicted octanol–water partition coefficient (Wildman–Crippen LogP) is 4.61. The molecule has 0 radical (unpaired) electrons. The van der Waals surface area contributed by atoms with Gasteiger partial charge < -0.3 is 0 Å². The number of aryl methyl sites for hydroxylation is 2. The van der Waals surface area contributed by atoms with Crippen molar-refractivity contribution in [2.45, 2.75) is 13.8 Å². The van der Waals surface area contributed by atoms with Gasteiger partial charge >= 0.3 is 0 Å². The van der Waals surface area contributed by atoms with E-state index in [-0.39, 0.29) is 0 Å². The third-order valence-electron chi connectivity index (χ3n) is 4.37. The summed E-state index contributed by atoms with van der Waals surface area (Å²) in [5.74, 6) is 0. The SMILES string of the molecule is Cc1ccc2nc(P(c3ccccc3)c3ccccc3)c(C)cc2c1. The Morgan fingerprint density at radius 1 is 0.680 bits per heavy atom. The summed E-state index contributed by atoms with van der Waals surface area (Å²) in [6, 6.07) is 30.3. The molecule has 25 heavy (non-hydrogen) atoms. The van der Waals surface area contributed by atoms with Gasteiger partial charge in [-0.15, -0.1) is 0 Å². The van der Waals surface area contributed by atoms with Crippen LogP contribution in [-0.2, 0) is 0 Å². The molecule has 0 amide bonds. The summed E-state index contributed by atoms with van der Waals surface area (Å²) in [5, 5.41) is 3.90. The van der Waals surface area contributed by atoms with Crippen molar-refractivity contribution in [1.82, 2.24) is 4.98 Å². The second kappa shape index (κ2) is 6.78. The molecule has 0 spiro atoms. The highest BCUT2D eigenvalue weighted by Crippen LogP contribution is 2.34. The smallest absolute Gasteiger partial charge is 0.0757 e. The maximum atomic E-state index is 5.10. The highest BCUT2D eigenvalue weighted by molar-refractivity contribution is 7.79. The second-order valence-corrected chi connectivity index (χ2v) is 8.46. The van der Waals surface area contributed by atoms with Crippen molar-refractivity contribution in [3.8, 4) is 0 Å². The first-order valence-electron chi connectivity index (χ1n) is 8.50. The molecule has 0 aliphatic rings. The van der Waals surface area contributed by atoms with Crippen LogP contribution in [0.4, 0.5) is 0 Å². The van der Waals surface area contributed by atoms with Crippen LogP contribution in [0.25, 0.3) is 10.9 Å². The predicted molar refractivity (Wildman–Crippen MR) is 110 cm³/mol. The molecular weight excluding hydrogens is 321 g/mol. The average molecular weight is 341 g/mol. The van der Waals surface area contributed by atoms with Crippen LogP contribution in [0.15, 0.2) is 84.9 Å². The second-order valence-electron chi connectivity index (χ2n) is 6.33. The van der Waals surface area contributed by atoms with Gasteiger partial charge in [0.15, 0.2) is 0 Å². The van der Waals surface area contributed by atoms with E-state index in [9.17, 15) is 0 Å². The number of pyridine rings is 1. The van der Waals surface area contributed by atoms with Crippen LogP contribution in [0, 0.1) is 13.8 Å². The molecule has 0 fully saturated rings. The van der Waals surface area contributed by atoms with Gasteiger partial charge in [-0.05, 0) is 48.2 Å². The number of fused-ring (bicyclic) bond motifs is 1. The third-order valence-corrected chi connectivity index (χ3v) is 6.88. The summed E-state index contributed by atoms with van der Waals surface area (Å²) < 4.78 is 0. The van der Waals surface area contributed by atoms with Crippen LogP contribution in [-0.4, -0.2) is 4.98 Å². The van der Waals surface area contributed by atoms with E-state index in [0.29, 0.717) is 0 Å². The summed E-state index contributed by atoms with van der Waals surface area (Å²) in [6.07, 6.45) is 0. The van der Waals surface area contributed by atoms with Gasteiger partial charge in [-0.3, -0.25) is 0 Å². The Hall–Kier alpha value is -2.50. The molecule has 4 rings (SSSR count). The average Bonchev–Trinajstić information content (AvgIpc) is 2.64. The molecule has 0 aliphatic carbocycles. The van der Waals surface area contributed by atoms with Crippen LogP contribution < -0.4 is 16.0 Å². The molecule has 0 N–H and O–H groups in total. The lowest BCUT2D eigenvalue weighted by atomic mass is 10.1. The summed E-state index contributed by atoms with van der Waals surface area (Å²) >= 11 is 0. The van der Waals surface area contributed by atoms with E-state index < -0.39 is 7.92 Å². The molecule has 0 unspecified atom stereocenters. The molecule has 1 nitrogen and oxygen atoms in total. The topological polar surface area (TPSA) is 12.9 Å². The van der Waals surface area contributed by atoms with Gasteiger partial charge in [0, 0.05) is 13.3 Å². The van der Waals surface area contributed by atoms with Crippen LogP contribution in [0.2, 0.25) is 0 Å². The summed E-state index contributed by atoms with van der Waals surface area (Å²) in [4.78, 5) is 5.10. The first-order valence-corrected chi connectivity index (χ1v) is 9.85. The van der Waals surface area contributed by atoms with Crippen LogP contribution >= 0.6 is 7.92 Å². The van der Waals surface area contributed by atoms with E-state index in [1.54, 1.807) is 0 Å². The molecule has 0 aliphatic heterocycles. The highest BCUT2D eigenvalue weighted by atomic mass is 31.1. The lowest BCUT2D eigenvalue weighted by Crippen LogP contribution is -2.24. The molecule has 4 aromatic rings. The van der Waals surface area contributed by atoms with Gasteiger partial charge in [-0.2, -0.15) is 0 Å². The number of benzene rings is 3. The van der Waals surface area contributed by atoms with Crippen molar-refractivity contribution in [1.29, 1.82) is 0 Å². The quantitative estimate of drug-likeness (QED) is 0.496. The molecule has 2 heteroatoms. The Kier molecular flexibility index (Phi) is 4.34. The Balaban J connectivity index is 1.95. The van der Waals surface area contributed by atoms with Crippen LogP contribution in [0.3, 0.4) is 0 Å². The lowest BCUT2D eigenvalue weighted by molar-refractivity contribution is 1.38. The van der Waals surface area contributed by atoms with Crippen molar-refractivity contribution < 1.29 is 0 Å². The third kappa shape index (κ3) is 3.21. The molecule has 0 saturated heterocycles. The number of hydrogen-bond donors (Lipinski definition) is 0. The Labute approximate surface area is 150 Å². The Morgan fingerprint density at radius 3 is 1.88 bits per heavy atom. The van der Waals surface area contributed by atoms with Gasteiger partial charge in [0.1, 0.15) is 0 Å². The number of aromatic nitrogens is 1. The monoisotopic (exact) mass is 341 g/mol. The Bertz CT molecular complexity index is 971. The van der Waals surface area contributed by atoms with Crippen molar-refractivity contribution in [2.24, 2.45) is 0 Å². The van der Waals surface area contributed by atoms with E-state index in [2.05, 4.69) is 98.8 Å². The van der Waals surface area contributed by atoms with E-state index in [4.69, 9.17) is 4.98 Å². The van der Waals surface area contributed by atoms with Crippen LogP contribution in [0.5, 0.6) is 0 Å². The first kappa shape index (κ1) is 16.0. The van der Waals surface area contributed by atoms with E-state index >= 15 is 0 Å². The molecule has 122 valence electrons. The molecule has 0 atom stereocenters. The highest BCUT2D eigenvalue weighted by Gasteiger charge is 2.20. The number of rotatable bonds is 3. The zero-order valence-electron chi connectivity index (χ0n) is 14.5. The molecule has 1 aromatic heterocycles. The number of nitrogens with zero attached hydrogens (tertiary/aromatic N) is 1. The zero-order chi connectivity index (χ0) is 17.2. The van der Waals surface area contributed by atoms with Gasteiger partial charge in [0.05, 0.1) is 11.0 Å². The lowest BCUT2D eigenvalue weighted by Gasteiger charge is -2.20. The van der Waals surface area contributed by atoms with E-state index in [1.165, 1.54) is 32.6 Å². The minimum Gasteiger partial charge on any atom is -0.247 e. The fraction of sp³-hybridized carbons (Fsp3) is 0.0870. The zero-order valence-corrected chi connectivity index (χ0v) is 15.4. The van der Waals surface area contributed by atoms with Gasteiger partial charge in [-0.1, -0.05) is 72.3 Å². The normalized spacial score (nSPS) is 11.2. The van der Waals surface area contributed by atoms with E-state index in [0.717, 1.165) is 5.52 Å². The van der Waals surface area contributed by atoms with Gasteiger partial charge in [0.25, 0.3) is 0 Å². The van der Waals surface area contributed by atoms with Crippen molar-refractivity contribution >= 4 is 34.9 Å². The molecule has 1 heterocycles. The first-order chi connectivity index (χ1) is 12.2. The fourth-order valence-electron chi connectivity index (χ4n) is 3.17. The minimum absolute atomic E-state index is 0.659. The maximum absolute atomic E-state index is 5.10. The molecule has 3 aromatic carbocycles. The van der Waals surface area contributed by atoms with Crippen LogP contribution in [0.1, 0.15) is 11.1 Å². The largest absolute Gasteiger partial charge is 0.247 e. The molecule has 0 saturated carbocycles. The van der Waals surface area contributed by atoms with Crippen molar-refractivity contribution in [2.75, 3.05) is 0 Å². The summed E-state index contributed by atoms with van der Waals surface area (Å²) in [6.45, 7) is 4.31. The van der Waals surface area contributed by atoms with E-state index in [1.807, 2.05) is 0 Å². The maximum Gasteiger partial charge on any atom is 0.0757 e. The standard InChI is InChI=1S/C23H20NP/c1-17-13-14-22-19(15-17)16-18(2)23(24-22)25(20-9-5-3-6-10-20)21-11-7-4-8-12-21/h3-16H,1-2H3. The Morgan fingerprint density at radius 2 is 1.28 bits per heavy atom. The molecular formula is C23H20NP. The van der Waals surface area contributed by atoms with Crippen molar-refractivity contribution in [3.05, 3.63) is 96.1 Å². The minimum atomic E-state index is -0.659.